The summed E-state index contributed by atoms with van der Waals surface area (Å²) in [7, 11) is 0. The standard InChI is InChI=1S/C18H28N2O/c1-4-15-7-9-16(10-8-15)14(3)20-17(21)18(19)11-5-6-13(2)12-18/h7-10,13-14H,4-6,11-12,19H2,1-3H3,(H,20,21). The van der Waals surface area contributed by atoms with Crippen molar-refractivity contribution >= 4 is 5.91 Å². The first-order chi connectivity index (χ1) is 9.94. The van der Waals surface area contributed by atoms with Gasteiger partial charge in [-0.2, -0.15) is 0 Å². The van der Waals surface area contributed by atoms with Crippen LogP contribution in [-0.2, 0) is 11.2 Å². The van der Waals surface area contributed by atoms with Gasteiger partial charge in [-0.1, -0.05) is 51.0 Å². The van der Waals surface area contributed by atoms with E-state index in [1.807, 2.05) is 6.92 Å². The molecule has 3 nitrogen and oxygen atoms in total. The van der Waals surface area contributed by atoms with Gasteiger partial charge in [0.05, 0.1) is 11.6 Å². The van der Waals surface area contributed by atoms with Crippen LogP contribution in [0, 0.1) is 5.92 Å². The fraction of sp³-hybridized carbons (Fsp3) is 0.611. The maximum atomic E-state index is 12.5. The Morgan fingerprint density at radius 2 is 2.10 bits per heavy atom. The second-order valence-corrected chi connectivity index (χ2v) is 6.65. The van der Waals surface area contributed by atoms with Crippen LogP contribution in [0.2, 0.25) is 0 Å². The number of hydrogen-bond acceptors (Lipinski definition) is 2. The van der Waals surface area contributed by atoms with Crippen molar-refractivity contribution in [2.45, 2.75) is 64.5 Å². The minimum Gasteiger partial charge on any atom is -0.348 e. The molecule has 116 valence electrons. The number of carbonyl (C=O) groups is 1. The molecule has 3 N–H and O–H groups in total. The van der Waals surface area contributed by atoms with Crippen LogP contribution >= 0.6 is 0 Å². The molecule has 1 aliphatic rings. The predicted molar refractivity (Wildman–Crippen MR) is 86.9 cm³/mol. The maximum absolute atomic E-state index is 12.5. The van der Waals surface area contributed by atoms with Crippen LogP contribution in [0.3, 0.4) is 0 Å². The van der Waals surface area contributed by atoms with E-state index >= 15 is 0 Å². The number of benzene rings is 1. The fourth-order valence-corrected chi connectivity index (χ4v) is 3.26. The molecular weight excluding hydrogens is 260 g/mol. The van der Waals surface area contributed by atoms with Crippen LogP contribution < -0.4 is 11.1 Å². The number of rotatable bonds is 4. The third kappa shape index (κ3) is 3.85. The molecule has 0 saturated heterocycles. The quantitative estimate of drug-likeness (QED) is 0.893. The smallest absolute Gasteiger partial charge is 0.240 e. The topological polar surface area (TPSA) is 55.1 Å². The van der Waals surface area contributed by atoms with Gasteiger partial charge in [0.2, 0.25) is 5.91 Å². The average molecular weight is 288 g/mol. The molecule has 1 aliphatic carbocycles. The summed E-state index contributed by atoms with van der Waals surface area (Å²) in [6, 6.07) is 8.44. The van der Waals surface area contributed by atoms with Crippen LogP contribution in [0.4, 0.5) is 0 Å². The highest BCUT2D eigenvalue weighted by molar-refractivity contribution is 5.86. The lowest BCUT2D eigenvalue weighted by Crippen LogP contribution is -2.56. The molecule has 3 heteroatoms. The van der Waals surface area contributed by atoms with Gasteiger partial charge in [0.25, 0.3) is 0 Å². The van der Waals surface area contributed by atoms with Gasteiger partial charge in [0, 0.05) is 0 Å². The molecule has 21 heavy (non-hydrogen) atoms. The molecule has 3 unspecified atom stereocenters. The molecule has 0 aliphatic heterocycles. The zero-order valence-corrected chi connectivity index (χ0v) is 13.5. The van der Waals surface area contributed by atoms with Crippen LogP contribution in [0.25, 0.3) is 0 Å². The first-order valence-corrected chi connectivity index (χ1v) is 8.13. The van der Waals surface area contributed by atoms with E-state index in [2.05, 4.69) is 43.4 Å². The normalized spacial score (nSPS) is 27.1. The van der Waals surface area contributed by atoms with Gasteiger partial charge in [0.1, 0.15) is 0 Å². The lowest BCUT2D eigenvalue weighted by molar-refractivity contribution is -0.128. The van der Waals surface area contributed by atoms with E-state index in [1.165, 1.54) is 12.0 Å². The largest absolute Gasteiger partial charge is 0.348 e. The highest BCUT2D eigenvalue weighted by Crippen LogP contribution is 2.31. The SMILES string of the molecule is CCc1ccc(C(C)NC(=O)C2(N)CCCC(C)C2)cc1. The van der Waals surface area contributed by atoms with Gasteiger partial charge < -0.3 is 11.1 Å². The van der Waals surface area contributed by atoms with Crippen LogP contribution in [-0.4, -0.2) is 11.4 Å². The molecular formula is C18H28N2O. The Kier molecular flexibility index (Phi) is 5.04. The predicted octanol–water partition coefficient (Wildman–Crippen LogP) is 3.33. The summed E-state index contributed by atoms with van der Waals surface area (Å²) in [5, 5.41) is 3.10. The first kappa shape index (κ1) is 16.0. The molecule has 1 amide bonds. The molecule has 2 rings (SSSR count). The number of aryl methyl sites for hydroxylation is 1. The van der Waals surface area contributed by atoms with E-state index in [-0.39, 0.29) is 11.9 Å². The van der Waals surface area contributed by atoms with Gasteiger partial charge in [-0.15, -0.1) is 0 Å². The molecule has 0 aromatic heterocycles. The summed E-state index contributed by atoms with van der Waals surface area (Å²) in [6.07, 6.45) is 4.85. The van der Waals surface area contributed by atoms with Crippen molar-refractivity contribution in [3.05, 3.63) is 35.4 Å². The Morgan fingerprint density at radius 3 is 2.67 bits per heavy atom. The number of nitrogens with one attached hydrogen (secondary N) is 1. The molecule has 0 spiro atoms. The first-order valence-electron chi connectivity index (χ1n) is 8.13. The van der Waals surface area contributed by atoms with Crippen molar-refractivity contribution in [2.75, 3.05) is 0 Å². The van der Waals surface area contributed by atoms with E-state index in [4.69, 9.17) is 5.73 Å². The molecule has 0 heterocycles. The van der Waals surface area contributed by atoms with E-state index in [1.54, 1.807) is 0 Å². The Labute approximate surface area is 128 Å². The summed E-state index contributed by atoms with van der Waals surface area (Å²) in [5.41, 5.74) is 8.11. The van der Waals surface area contributed by atoms with Crippen molar-refractivity contribution < 1.29 is 4.79 Å². The van der Waals surface area contributed by atoms with E-state index in [0.29, 0.717) is 5.92 Å². The van der Waals surface area contributed by atoms with Crippen molar-refractivity contribution in [2.24, 2.45) is 11.7 Å². The van der Waals surface area contributed by atoms with Crippen LogP contribution in [0.5, 0.6) is 0 Å². The van der Waals surface area contributed by atoms with Gasteiger partial charge in [0.15, 0.2) is 0 Å². The molecule has 1 fully saturated rings. The van der Waals surface area contributed by atoms with E-state index in [9.17, 15) is 4.79 Å². The molecule has 3 atom stereocenters. The molecule has 1 saturated carbocycles. The van der Waals surface area contributed by atoms with Crippen molar-refractivity contribution in [3.8, 4) is 0 Å². The van der Waals surface area contributed by atoms with Crippen LogP contribution in [0.15, 0.2) is 24.3 Å². The molecule has 0 bridgehead atoms. The third-order valence-electron chi connectivity index (χ3n) is 4.72. The van der Waals surface area contributed by atoms with E-state index in [0.717, 1.165) is 31.2 Å². The zero-order valence-electron chi connectivity index (χ0n) is 13.5. The molecule has 1 aromatic rings. The fourth-order valence-electron chi connectivity index (χ4n) is 3.26. The Morgan fingerprint density at radius 1 is 1.43 bits per heavy atom. The van der Waals surface area contributed by atoms with Crippen molar-refractivity contribution in [1.29, 1.82) is 0 Å². The van der Waals surface area contributed by atoms with Crippen molar-refractivity contribution in [1.82, 2.24) is 5.32 Å². The van der Waals surface area contributed by atoms with Crippen LogP contribution in [0.1, 0.15) is 63.6 Å². The molecule has 1 aromatic carbocycles. The second-order valence-electron chi connectivity index (χ2n) is 6.65. The van der Waals surface area contributed by atoms with Crippen molar-refractivity contribution in [3.63, 3.8) is 0 Å². The monoisotopic (exact) mass is 288 g/mol. The third-order valence-corrected chi connectivity index (χ3v) is 4.72. The maximum Gasteiger partial charge on any atom is 0.240 e. The van der Waals surface area contributed by atoms with Gasteiger partial charge >= 0.3 is 0 Å². The number of amides is 1. The average Bonchev–Trinajstić information content (AvgIpc) is 2.47. The minimum absolute atomic E-state index is 0.000985. The summed E-state index contributed by atoms with van der Waals surface area (Å²) in [4.78, 5) is 12.5. The highest BCUT2D eigenvalue weighted by Gasteiger charge is 2.38. The summed E-state index contributed by atoms with van der Waals surface area (Å²) < 4.78 is 0. The highest BCUT2D eigenvalue weighted by atomic mass is 16.2. The lowest BCUT2D eigenvalue weighted by Gasteiger charge is -2.36. The Hall–Kier alpha value is -1.35. The summed E-state index contributed by atoms with van der Waals surface area (Å²) in [5.74, 6) is 0.537. The Balaban J connectivity index is 2.00. The molecule has 0 radical (unpaired) electrons. The van der Waals surface area contributed by atoms with E-state index < -0.39 is 5.54 Å². The summed E-state index contributed by atoms with van der Waals surface area (Å²) >= 11 is 0. The second kappa shape index (κ2) is 6.61. The minimum atomic E-state index is -0.685. The van der Waals surface area contributed by atoms with Gasteiger partial charge in [-0.3, -0.25) is 4.79 Å². The van der Waals surface area contributed by atoms with Gasteiger partial charge in [-0.05, 0) is 43.2 Å². The number of carbonyl (C=O) groups excluding carboxylic acids is 1. The number of nitrogens with two attached hydrogens (primary N) is 1. The number of hydrogen-bond donors (Lipinski definition) is 2. The van der Waals surface area contributed by atoms with Gasteiger partial charge in [-0.25, -0.2) is 0 Å². The lowest BCUT2D eigenvalue weighted by atomic mass is 9.76. The Bertz CT molecular complexity index is 482. The zero-order chi connectivity index (χ0) is 15.5. The summed E-state index contributed by atoms with van der Waals surface area (Å²) in [6.45, 7) is 6.35.